The van der Waals surface area contributed by atoms with Gasteiger partial charge >= 0.3 is 0 Å². The molecule has 0 bridgehead atoms. The van der Waals surface area contributed by atoms with Gasteiger partial charge in [-0.05, 0) is 29.3 Å². The maximum absolute atomic E-state index is 3.92. The normalized spacial score (nSPS) is 10.4. The van der Waals surface area contributed by atoms with Gasteiger partial charge in [-0.2, -0.15) is 0 Å². The fourth-order valence-corrected chi connectivity index (χ4v) is 2.26. The van der Waals surface area contributed by atoms with Crippen molar-refractivity contribution in [3.05, 3.63) is 34.3 Å². The zero-order valence-electron chi connectivity index (χ0n) is 8.80. The molecule has 0 saturated carbocycles. The molecule has 84 valence electrons. The van der Waals surface area contributed by atoms with E-state index in [0.29, 0.717) is 0 Å². The second-order valence-electron chi connectivity index (χ2n) is 3.45. The van der Waals surface area contributed by atoms with Crippen LogP contribution in [0.2, 0.25) is 0 Å². The second-order valence-corrected chi connectivity index (χ2v) is 5.07. The van der Waals surface area contributed by atoms with Crippen LogP contribution in [0, 0.1) is 0 Å². The summed E-state index contributed by atoms with van der Waals surface area (Å²) in [6.07, 6.45) is 0.982. The molecule has 0 saturated heterocycles. The van der Waals surface area contributed by atoms with E-state index in [9.17, 15) is 0 Å². The van der Waals surface area contributed by atoms with Crippen molar-refractivity contribution in [2.24, 2.45) is 0 Å². The van der Waals surface area contributed by atoms with E-state index in [-0.39, 0.29) is 0 Å². The van der Waals surface area contributed by atoms with Crippen molar-refractivity contribution < 1.29 is 0 Å². The monoisotopic (exact) mass is 298 g/mol. The highest BCUT2D eigenvalue weighted by atomic mass is 79.9. The first-order chi connectivity index (χ1) is 7.75. The Morgan fingerprint density at radius 2 is 2.31 bits per heavy atom. The van der Waals surface area contributed by atoms with Crippen LogP contribution in [-0.2, 0) is 6.42 Å². The van der Waals surface area contributed by atoms with E-state index >= 15 is 0 Å². The molecule has 0 aliphatic heterocycles. The molecule has 0 spiro atoms. The van der Waals surface area contributed by atoms with E-state index in [1.807, 2.05) is 19.2 Å². The summed E-state index contributed by atoms with van der Waals surface area (Å²) in [4.78, 5) is 2.06. The number of hydrogen-bond donors (Lipinski definition) is 0. The van der Waals surface area contributed by atoms with Crippen LogP contribution in [0.4, 0.5) is 5.13 Å². The summed E-state index contributed by atoms with van der Waals surface area (Å²) in [6.45, 7) is 0.910. The van der Waals surface area contributed by atoms with Crippen molar-refractivity contribution in [3.8, 4) is 0 Å². The minimum atomic E-state index is 0.856. The molecule has 1 aromatic carbocycles. The van der Waals surface area contributed by atoms with Crippen LogP contribution < -0.4 is 4.90 Å². The first-order valence-corrected chi connectivity index (χ1v) is 6.43. The van der Waals surface area contributed by atoms with E-state index in [4.69, 9.17) is 0 Å². The highest BCUT2D eigenvalue weighted by molar-refractivity contribution is 9.10. The van der Waals surface area contributed by atoms with Crippen molar-refractivity contribution in [2.75, 3.05) is 18.5 Å². The molecule has 0 aliphatic carbocycles. The molecule has 16 heavy (non-hydrogen) atoms. The topological polar surface area (TPSA) is 41.9 Å². The minimum Gasteiger partial charge on any atom is -0.348 e. The van der Waals surface area contributed by atoms with E-state index in [2.05, 4.69) is 47.8 Å². The summed E-state index contributed by atoms with van der Waals surface area (Å²) in [5.41, 5.74) is 1.30. The Morgan fingerprint density at radius 1 is 1.44 bits per heavy atom. The standard InChI is InChI=1S/C10H11BrN4S/c1-15(10-12-13-14-16-10)6-5-8-3-2-4-9(11)7-8/h2-4,7H,5-6H2,1H3. The van der Waals surface area contributed by atoms with Gasteiger partial charge in [-0.1, -0.05) is 37.6 Å². The van der Waals surface area contributed by atoms with Crippen LogP contribution in [-0.4, -0.2) is 28.4 Å². The van der Waals surface area contributed by atoms with Gasteiger partial charge in [-0.15, -0.1) is 0 Å². The molecule has 0 radical (unpaired) electrons. The first kappa shape index (κ1) is 11.5. The predicted octanol–water partition coefficient (Wildman–Crippen LogP) is 2.37. The molecular formula is C10H11BrN4S. The Kier molecular flexibility index (Phi) is 3.84. The number of hydrogen-bond acceptors (Lipinski definition) is 5. The van der Waals surface area contributed by atoms with Gasteiger partial charge in [0, 0.05) is 29.6 Å². The van der Waals surface area contributed by atoms with Gasteiger partial charge in [-0.3, -0.25) is 0 Å². The molecule has 0 unspecified atom stereocenters. The predicted molar refractivity (Wildman–Crippen MR) is 68.8 cm³/mol. The average Bonchev–Trinajstić information content (AvgIpc) is 2.79. The molecule has 0 amide bonds. The Hall–Kier alpha value is -1.01. The number of likely N-dealkylation sites (N-methyl/N-ethyl adjacent to an activating group) is 1. The zero-order chi connectivity index (χ0) is 11.4. The van der Waals surface area contributed by atoms with Gasteiger partial charge in [0.25, 0.3) is 0 Å². The van der Waals surface area contributed by atoms with E-state index < -0.39 is 0 Å². The fourth-order valence-electron chi connectivity index (χ4n) is 1.36. The Morgan fingerprint density at radius 3 is 3.00 bits per heavy atom. The lowest BCUT2D eigenvalue weighted by Crippen LogP contribution is -2.20. The minimum absolute atomic E-state index is 0.856. The van der Waals surface area contributed by atoms with Crippen molar-refractivity contribution in [2.45, 2.75) is 6.42 Å². The number of anilines is 1. The molecule has 1 aromatic heterocycles. The van der Waals surface area contributed by atoms with E-state index in [1.54, 1.807) is 0 Å². The summed E-state index contributed by atoms with van der Waals surface area (Å²) in [7, 11) is 2.00. The third-order valence-corrected chi connectivity index (χ3v) is 3.45. The molecule has 6 heteroatoms. The first-order valence-electron chi connectivity index (χ1n) is 4.86. The Labute approximate surface area is 107 Å². The third kappa shape index (κ3) is 2.99. The molecule has 0 atom stereocenters. The lowest BCUT2D eigenvalue weighted by atomic mass is 10.1. The Bertz CT molecular complexity index is 446. The number of nitrogens with zero attached hydrogens (tertiary/aromatic N) is 4. The van der Waals surface area contributed by atoms with Crippen LogP contribution in [0.5, 0.6) is 0 Å². The quantitative estimate of drug-likeness (QED) is 0.869. The lowest BCUT2D eigenvalue weighted by Gasteiger charge is -2.14. The number of benzene rings is 1. The van der Waals surface area contributed by atoms with Gasteiger partial charge in [0.15, 0.2) is 0 Å². The van der Waals surface area contributed by atoms with Gasteiger partial charge in [0.2, 0.25) is 5.13 Å². The number of rotatable bonds is 4. The molecule has 2 rings (SSSR count). The summed E-state index contributed by atoms with van der Waals surface area (Å²) in [6, 6.07) is 8.33. The van der Waals surface area contributed by atoms with Gasteiger partial charge in [-0.25, -0.2) is 0 Å². The molecule has 1 heterocycles. The van der Waals surface area contributed by atoms with Crippen molar-refractivity contribution in [3.63, 3.8) is 0 Å². The van der Waals surface area contributed by atoms with Gasteiger partial charge in [0.1, 0.15) is 0 Å². The molecule has 0 aliphatic rings. The second kappa shape index (κ2) is 5.36. The summed E-state index contributed by atoms with van der Waals surface area (Å²) in [5.74, 6) is 0. The average molecular weight is 299 g/mol. The van der Waals surface area contributed by atoms with Crippen LogP contribution in [0.1, 0.15) is 5.56 Å². The highest BCUT2D eigenvalue weighted by Gasteiger charge is 2.05. The van der Waals surface area contributed by atoms with Gasteiger partial charge in [0.05, 0.1) is 0 Å². The van der Waals surface area contributed by atoms with Crippen molar-refractivity contribution in [1.29, 1.82) is 0 Å². The van der Waals surface area contributed by atoms with Crippen molar-refractivity contribution in [1.82, 2.24) is 14.8 Å². The molecular weight excluding hydrogens is 288 g/mol. The summed E-state index contributed by atoms with van der Waals surface area (Å²) in [5, 5.41) is 8.36. The molecule has 4 nitrogen and oxygen atoms in total. The molecule has 2 aromatic rings. The largest absolute Gasteiger partial charge is 0.348 e. The SMILES string of the molecule is CN(CCc1cccc(Br)c1)c1nnns1. The van der Waals surface area contributed by atoms with Crippen LogP contribution >= 0.6 is 27.5 Å². The van der Waals surface area contributed by atoms with E-state index in [1.165, 1.54) is 17.1 Å². The third-order valence-electron chi connectivity index (χ3n) is 2.24. The maximum Gasteiger partial charge on any atom is 0.227 e. The maximum atomic E-state index is 3.92. The Balaban J connectivity index is 1.92. The summed E-state index contributed by atoms with van der Waals surface area (Å²) >= 11 is 4.78. The van der Waals surface area contributed by atoms with E-state index in [0.717, 1.165) is 22.6 Å². The highest BCUT2D eigenvalue weighted by Crippen LogP contribution is 2.14. The number of halogens is 1. The molecule has 0 fully saturated rings. The fraction of sp³-hybridized carbons (Fsp3) is 0.300. The lowest BCUT2D eigenvalue weighted by molar-refractivity contribution is 0.848. The van der Waals surface area contributed by atoms with Crippen LogP contribution in [0.15, 0.2) is 28.7 Å². The zero-order valence-corrected chi connectivity index (χ0v) is 11.2. The smallest absolute Gasteiger partial charge is 0.227 e. The van der Waals surface area contributed by atoms with Crippen LogP contribution in [0.3, 0.4) is 0 Å². The van der Waals surface area contributed by atoms with Gasteiger partial charge < -0.3 is 4.90 Å². The van der Waals surface area contributed by atoms with Crippen LogP contribution in [0.25, 0.3) is 0 Å². The van der Waals surface area contributed by atoms with Crippen molar-refractivity contribution >= 4 is 32.6 Å². The number of aromatic nitrogens is 3. The summed E-state index contributed by atoms with van der Waals surface area (Å²) < 4.78 is 4.86. The molecule has 0 N–H and O–H groups in total.